The lowest BCUT2D eigenvalue weighted by molar-refractivity contribution is -0.891. The van der Waals surface area contributed by atoms with Gasteiger partial charge in [-0.15, -0.1) is 0 Å². The summed E-state index contributed by atoms with van der Waals surface area (Å²) in [6.07, 6.45) is -47.6. The van der Waals surface area contributed by atoms with Crippen molar-refractivity contribution in [2.45, 2.75) is 383 Å². The van der Waals surface area contributed by atoms with Crippen molar-refractivity contribution >= 4 is 11.9 Å². The van der Waals surface area contributed by atoms with Crippen LogP contribution in [0.25, 0.3) is 0 Å². The lowest BCUT2D eigenvalue weighted by Crippen LogP contribution is -2.68. The molecule has 14 bridgehead atoms. The summed E-state index contributed by atoms with van der Waals surface area (Å²) < 4.78 is 89.6. The second kappa shape index (κ2) is 50.5. The third-order valence-electron chi connectivity index (χ3n) is 24.5. The molecule has 21 fully saturated rings. The van der Waals surface area contributed by atoms with Gasteiger partial charge in [-0.3, -0.25) is 9.59 Å². The number of ether oxygens (including phenoxy) is 15. The maximum absolute atomic E-state index is 14.5. The van der Waals surface area contributed by atoms with E-state index in [2.05, 4.69) is 42.0 Å². The molecule has 0 aromatic carbocycles. The van der Waals surface area contributed by atoms with Crippen molar-refractivity contribution in [1.82, 2.24) is 4.90 Å². The number of amides is 1. The molecular formula is C80H147N3O37+2. The quantitative estimate of drug-likeness (QED) is 0.0154. The lowest BCUT2D eigenvalue weighted by atomic mass is 9.95. The van der Waals surface area contributed by atoms with E-state index in [0.29, 0.717) is 25.9 Å². The summed E-state index contributed by atoms with van der Waals surface area (Å²) in [5.74, 6) is -1.29. The van der Waals surface area contributed by atoms with Crippen molar-refractivity contribution in [2.24, 2.45) is 0 Å². The lowest BCUT2D eigenvalue weighted by Gasteiger charge is -2.50. The zero-order valence-corrected chi connectivity index (χ0v) is 70.6. The molecule has 40 heteroatoms. The first-order valence-corrected chi connectivity index (χ1v) is 43.7. The van der Waals surface area contributed by atoms with E-state index in [1.807, 2.05) is 0 Å². The number of aliphatic hydroxyl groups excluding tert-OH is 20. The third-order valence-corrected chi connectivity index (χ3v) is 24.5. The molecule has 0 radical (unpaired) electrons. The van der Waals surface area contributed by atoms with Gasteiger partial charge in [-0.25, -0.2) is 0 Å². The van der Waals surface area contributed by atoms with Crippen molar-refractivity contribution in [3.05, 3.63) is 0 Å². The summed E-state index contributed by atoms with van der Waals surface area (Å²) in [5.41, 5.74) is 0. The molecule has 702 valence electrons. The van der Waals surface area contributed by atoms with E-state index in [1.165, 1.54) is 103 Å². The zero-order valence-electron chi connectivity index (χ0n) is 70.6. The van der Waals surface area contributed by atoms with Gasteiger partial charge in [0, 0.05) is 32.4 Å². The van der Waals surface area contributed by atoms with E-state index < -0.39 is 274 Å². The Morgan fingerprint density at radius 3 is 0.692 bits per heavy atom. The number of hydrogen-bond acceptors (Lipinski definition) is 37. The summed E-state index contributed by atoms with van der Waals surface area (Å²) in [5, 5.41) is 228. The van der Waals surface area contributed by atoms with Crippen molar-refractivity contribution in [2.75, 3.05) is 114 Å². The Balaban J connectivity index is 1.01. The van der Waals surface area contributed by atoms with Crippen LogP contribution < -0.4 is 0 Å². The fourth-order valence-corrected chi connectivity index (χ4v) is 17.0. The SMILES string of the molecule is CCCCCCCCCCCC[N+](C)(C)CCCN(CCC[N+](C)(C)CCCCCCCCCCCC)C(=O)CCC(=O)OCC1OC2OC3C(CO)OC(OC4C(CO)OC(OC5C(CO)OC(OC6C(CO)OC(OC7C(CO)OC(OC8C(CO)OC(OC1C(O)C2O)C(O)C8O)C(O)C7O)C(O)C6O)C(O)C5O)C(O)C4O)C(O)C3O. The minimum atomic E-state index is -2.32. The number of hydrogen-bond donors (Lipinski definition) is 20. The molecule has 0 aromatic rings. The van der Waals surface area contributed by atoms with E-state index in [1.54, 1.807) is 4.90 Å². The minimum Gasteiger partial charge on any atom is -0.463 e. The van der Waals surface area contributed by atoms with Crippen LogP contribution in [0.15, 0.2) is 0 Å². The number of unbranched alkanes of at least 4 members (excludes halogenated alkanes) is 18. The van der Waals surface area contributed by atoms with Gasteiger partial charge in [0.2, 0.25) is 5.91 Å². The van der Waals surface area contributed by atoms with E-state index in [4.69, 9.17) is 71.1 Å². The van der Waals surface area contributed by atoms with Gasteiger partial charge in [0.1, 0.15) is 178 Å². The number of aliphatic hydroxyl groups is 20. The molecule has 21 heterocycles. The number of quaternary nitrogens is 2. The van der Waals surface area contributed by atoms with Crippen LogP contribution in [0.1, 0.15) is 168 Å². The van der Waals surface area contributed by atoms with Crippen LogP contribution >= 0.6 is 0 Å². The summed E-state index contributed by atoms with van der Waals surface area (Å²) >= 11 is 0. The van der Waals surface area contributed by atoms with Gasteiger partial charge < -0.3 is 187 Å². The van der Waals surface area contributed by atoms with Crippen LogP contribution in [0.4, 0.5) is 0 Å². The van der Waals surface area contributed by atoms with Gasteiger partial charge in [-0.05, 0) is 25.7 Å². The maximum atomic E-state index is 14.5. The van der Waals surface area contributed by atoms with E-state index in [0.717, 1.165) is 60.8 Å². The van der Waals surface area contributed by atoms with E-state index in [-0.39, 0.29) is 12.3 Å². The second-order valence-corrected chi connectivity index (χ2v) is 34.9. The maximum Gasteiger partial charge on any atom is 0.306 e. The highest BCUT2D eigenvalue weighted by Gasteiger charge is 2.60. The Hall–Kier alpha value is -2.50. The fraction of sp³-hybridized carbons (Fsp3) is 0.975. The average Bonchev–Trinajstić information content (AvgIpc) is 0.783. The van der Waals surface area contributed by atoms with E-state index >= 15 is 0 Å². The Labute approximate surface area is 702 Å². The summed E-state index contributed by atoms with van der Waals surface area (Å²) in [7, 11) is 8.76. The Morgan fingerprint density at radius 1 is 0.267 bits per heavy atom. The van der Waals surface area contributed by atoms with Gasteiger partial charge in [0.05, 0.1) is 100 Å². The molecule has 35 atom stereocenters. The van der Waals surface area contributed by atoms with Crippen molar-refractivity contribution in [3.63, 3.8) is 0 Å². The van der Waals surface area contributed by atoms with Crippen LogP contribution in [-0.2, 0) is 80.6 Å². The topological polar surface area (TPSA) is 580 Å². The van der Waals surface area contributed by atoms with Gasteiger partial charge in [0.25, 0.3) is 0 Å². The molecule has 0 aliphatic carbocycles. The van der Waals surface area contributed by atoms with Crippen LogP contribution in [0.2, 0.25) is 0 Å². The molecule has 1 amide bonds. The first kappa shape index (κ1) is 103. The van der Waals surface area contributed by atoms with Crippen LogP contribution in [0.3, 0.4) is 0 Å². The summed E-state index contributed by atoms with van der Waals surface area (Å²) in [6.45, 7) is 1.38. The standard InChI is InChI=1S/C80H147N3O37/c1-7-9-11-13-15-17-19-21-23-25-33-82(3,4)35-27-31-81(32-28-36-83(5,6)34-26-24-22-20-18-16-14-12-10-8-2)51(90)29-30-52(91)106-43-50-73-59(98)66(105)80(113-50)119-72-49(42-89)111-78(64(103)57(72)96)117-70-47(40-87)109-76(62(101)55(70)94)115-68-45(38-85)107-74(60(99)53(68)92)114-67-44(37-84)108-75(61(100)54(67)93)116-69-46(39-86)110-77(63(102)56(69)95)118-71-48(41-88)112-79(120-73)65(104)58(71)97/h44-50,53-80,84-89,92-105H,7-43H2,1-6H3/q+2. The molecule has 0 spiro atoms. The van der Waals surface area contributed by atoms with Crippen LogP contribution in [0, 0.1) is 0 Å². The molecule has 0 saturated carbocycles. The first-order valence-electron chi connectivity index (χ1n) is 43.7. The minimum absolute atomic E-state index is 0.308. The smallest absolute Gasteiger partial charge is 0.306 e. The first-order chi connectivity index (χ1) is 57.3. The largest absolute Gasteiger partial charge is 0.463 e. The van der Waals surface area contributed by atoms with Gasteiger partial charge in [-0.2, -0.15) is 0 Å². The number of nitrogens with zero attached hydrogens (tertiary/aromatic N) is 3. The average molecular weight is 1740 g/mol. The van der Waals surface area contributed by atoms with Crippen LogP contribution in [-0.4, -0.2) is 457 Å². The molecule has 21 rings (SSSR count). The Morgan fingerprint density at radius 2 is 0.467 bits per heavy atom. The normalized spacial score (nSPS) is 40.0. The summed E-state index contributed by atoms with van der Waals surface area (Å²) in [4.78, 5) is 30.4. The van der Waals surface area contributed by atoms with Crippen LogP contribution in [0.5, 0.6) is 0 Å². The number of esters is 1. The van der Waals surface area contributed by atoms with Gasteiger partial charge in [-0.1, -0.05) is 117 Å². The van der Waals surface area contributed by atoms with Crippen molar-refractivity contribution in [1.29, 1.82) is 0 Å². The number of carbonyl (C=O) groups is 2. The van der Waals surface area contributed by atoms with Crippen molar-refractivity contribution < 1.29 is 192 Å². The molecule has 35 unspecified atom stereocenters. The predicted octanol–water partition coefficient (Wildman–Crippen LogP) is -5.30. The third kappa shape index (κ3) is 28.3. The molecule has 21 aliphatic rings. The molecule has 21 aliphatic heterocycles. The summed E-state index contributed by atoms with van der Waals surface area (Å²) in [6, 6.07) is 0. The van der Waals surface area contributed by atoms with Crippen molar-refractivity contribution in [3.8, 4) is 0 Å². The highest BCUT2D eigenvalue weighted by atomic mass is 16.8. The number of rotatable bonds is 41. The Bertz CT molecular complexity index is 2820. The Kier molecular flexibility index (Phi) is 43.3. The van der Waals surface area contributed by atoms with Gasteiger partial charge in [0.15, 0.2) is 44.0 Å². The molecule has 20 N–H and O–H groups in total. The predicted molar refractivity (Wildman–Crippen MR) is 415 cm³/mol. The van der Waals surface area contributed by atoms with Gasteiger partial charge >= 0.3 is 5.97 Å². The zero-order chi connectivity index (χ0) is 87.7. The molecule has 21 saturated heterocycles. The highest BCUT2D eigenvalue weighted by Crippen LogP contribution is 2.40. The monoisotopic (exact) mass is 1740 g/mol. The number of carbonyl (C=O) groups excluding carboxylic acids is 2. The molecule has 40 nitrogen and oxygen atoms in total. The molecule has 0 aromatic heterocycles. The fourth-order valence-electron chi connectivity index (χ4n) is 17.0. The van der Waals surface area contributed by atoms with E-state index in [9.17, 15) is 112 Å². The molecular weight excluding hydrogens is 1590 g/mol. The highest BCUT2D eigenvalue weighted by molar-refractivity contribution is 5.81. The molecule has 120 heavy (non-hydrogen) atoms. The second-order valence-electron chi connectivity index (χ2n) is 34.9.